The number of Topliss-reactive ketones (excluding diaryl/α,β-unsaturated/α-hetero) is 1. The van der Waals surface area contributed by atoms with Crippen molar-refractivity contribution in [3.05, 3.63) is 71.8 Å². The van der Waals surface area contributed by atoms with Crippen LogP contribution in [0.25, 0.3) is 5.70 Å². The van der Waals surface area contributed by atoms with Crippen molar-refractivity contribution in [1.82, 2.24) is 4.90 Å². The number of rotatable bonds is 7. The number of hydrogen-bond acceptors (Lipinski definition) is 4. The van der Waals surface area contributed by atoms with E-state index in [0.29, 0.717) is 18.7 Å². The average molecular weight is 351 g/mol. The second kappa shape index (κ2) is 8.97. The Kier molecular flexibility index (Phi) is 6.69. The van der Waals surface area contributed by atoms with Crippen LogP contribution in [-0.2, 0) is 9.59 Å². The lowest BCUT2D eigenvalue weighted by atomic mass is 10.0. The number of carbonyl (C=O) groups excluding carboxylic acids is 2. The fourth-order valence-corrected chi connectivity index (χ4v) is 2.61. The standard InChI is InChI=1S/C21H25N3O2/c1-16(25)19(20(22)17-10-6-4-7-11-17)21(26)24(15-14-23(2)3)18-12-8-5-9-13-18/h4-13H,14-15,22H2,1-3H3. The van der Waals surface area contributed by atoms with Crippen LogP contribution in [0.5, 0.6) is 0 Å². The van der Waals surface area contributed by atoms with Gasteiger partial charge in [0.1, 0.15) is 5.57 Å². The van der Waals surface area contributed by atoms with Crippen LogP contribution in [0.1, 0.15) is 12.5 Å². The molecule has 0 aliphatic rings. The predicted octanol–water partition coefficient (Wildman–Crippen LogP) is 2.54. The Bertz CT molecular complexity index is 783. The van der Waals surface area contributed by atoms with Gasteiger partial charge in [0, 0.05) is 18.8 Å². The fraction of sp³-hybridized carbons (Fsp3) is 0.238. The number of likely N-dealkylation sites (N-methyl/N-ethyl adjacent to an activating group) is 1. The van der Waals surface area contributed by atoms with Gasteiger partial charge in [-0.05, 0) is 38.7 Å². The number of hydrogen-bond donors (Lipinski definition) is 1. The van der Waals surface area contributed by atoms with Gasteiger partial charge < -0.3 is 15.5 Å². The molecule has 5 nitrogen and oxygen atoms in total. The minimum Gasteiger partial charge on any atom is -0.397 e. The monoisotopic (exact) mass is 351 g/mol. The molecule has 2 aromatic rings. The summed E-state index contributed by atoms with van der Waals surface area (Å²) in [6, 6.07) is 18.4. The summed E-state index contributed by atoms with van der Waals surface area (Å²) in [5.41, 5.74) is 7.82. The first-order valence-electron chi connectivity index (χ1n) is 8.49. The molecule has 0 aliphatic carbocycles. The largest absolute Gasteiger partial charge is 0.397 e. The van der Waals surface area contributed by atoms with Gasteiger partial charge in [-0.15, -0.1) is 0 Å². The molecule has 0 spiro atoms. The van der Waals surface area contributed by atoms with Crippen LogP contribution in [0, 0.1) is 0 Å². The van der Waals surface area contributed by atoms with Crippen LogP contribution in [0.3, 0.4) is 0 Å². The molecule has 2 N–H and O–H groups in total. The zero-order chi connectivity index (χ0) is 19.1. The molecule has 0 fully saturated rings. The van der Waals surface area contributed by atoms with Crippen molar-refractivity contribution in [3.63, 3.8) is 0 Å². The van der Waals surface area contributed by atoms with Gasteiger partial charge in [-0.1, -0.05) is 48.5 Å². The third-order valence-electron chi connectivity index (χ3n) is 4.00. The smallest absolute Gasteiger partial charge is 0.264 e. The quantitative estimate of drug-likeness (QED) is 0.473. The number of amides is 1. The van der Waals surface area contributed by atoms with Gasteiger partial charge in [-0.25, -0.2) is 0 Å². The van der Waals surface area contributed by atoms with E-state index in [1.807, 2.05) is 67.5 Å². The van der Waals surface area contributed by atoms with Crippen LogP contribution in [0.2, 0.25) is 0 Å². The SMILES string of the molecule is CC(=O)C(C(=O)N(CCN(C)C)c1ccccc1)=C(N)c1ccccc1. The van der Waals surface area contributed by atoms with Gasteiger partial charge in [0.2, 0.25) is 0 Å². The number of nitrogens with two attached hydrogens (primary N) is 1. The molecule has 2 aromatic carbocycles. The van der Waals surface area contributed by atoms with Gasteiger partial charge in [-0.3, -0.25) is 9.59 Å². The van der Waals surface area contributed by atoms with Gasteiger partial charge in [0.15, 0.2) is 5.78 Å². The molecule has 0 saturated carbocycles. The minimum absolute atomic E-state index is 0.0128. The average Bonchev–Trinajstić information content (AvgIpc) is 2.63. The van der Waals surface area contributed by atoms with E-state index >= 15 is 0 Å². The molecule has 0 aromatic heterocycles. The number of carbonyl (C=O) groups is 2. The summed E-state index contributed by atoms with van der Waals surface area (Å²) >= 11 is 0. The second-order valence-electron chi connectivity index (χ2n) is 6.31. The second-order valence-corrected chi connectivity index (χ2v) is 6.31. The van der Waals surface area contributed by atoms with E-state index in [-0.39, 0.29) is 23.0 Å². The summed E-state index contributed by atoms with van der Waals surface area (Å²) in [5.74, 6) is -0.728. The number of anilines is 1. The third kappa shape index (κ3) is 4.80. The fourth-order valence-electron chi connectivity index (χ4n) is 2.61. The van der Waals surface area contributed by atoms with Gasteiger partial charge in [-0.2, -0.15) is 0 Å². The Balaban J connectivity index is 2.48. The zero-order valence-corrected chi connectivity index (χ0v) is 15.5. The van der Waals surface area contributed by atoms with Gasteiger partial charge >= 0.3 is 0 Å². The number of ketones is 1. The van der Waals surface area contributed by atoms with Crippen molar-refractivity contribution in [2.24, 2.45) is 5.73 Å². The first-order chi connectivity index (χ1) is 12.4. The van der Waals surface area contributed by atoms with E-state index in [9.17, 15) is 9.59 Å². The Hall–Kier alpha value is -2.92. The maximum absolute atomic E-state index is 13.3. The van der Waals surface area contributed by atoms with Crippen molar-refractivity contribution >= 4 is 23.1 Å². The van der Waals surface area contributed by atoms with E-state index in [0.717, 1.165) is 5.69 Å². The maximum atomic E-state index is 13.3. The summed E-state index contributed by atoms with van der Waals surface area (Å²) in [4.78, 5) is 29.1. The molecular weight excluding hydrogens is 326 g/mol. The van der Waals surface area contributed by atoms with Crippen LogP contribution < -0.4 is 10.6 Å². The van der Waals surface area contributed by atoms with E-state index in [1.165, 1.54) is 6.92 Å². The molecule has 0 aliphatic heterocycles. The molecule has 26 heavy (non-hydrogen) atoms. The highest BCUT2D eigenvalue weighted by atomic mass is 16.2. The zero-order valence-electron chi connectivity index (χ0n) is 15.5. The van der Waals surface area contributed by atoms with Crippen molar-refractivity contribution in [3.8, 4) is 0 Å². The highest BCUT2D eigenvalue weighted by Crippen LogP contribution is 2.21. The third-order valence-corrected chi connectivity index (χ3v) is 4.00. The first-order valence-corrected chi connectivity index (χ1v) is 8.49. The van der Waals surface area contributed by atoms with Gasteiger partial charge in [0.05, 0.1) is 5.70 Å². The van der Waals surface area contributed by atoms with E-state index in [4.69, 9.17) is 5.73 Å². The van der Waals surface area contributed by atoms with Gasteiger partial charge in [0.25, 0.3) is 5.91 Å². The molecule has 0 radical (unpaired) electrons. The lowest BCUT2D eigenvalue weighted by molar-refractivity contribution is -0.120. The van der Waals surface area contributed by atoms with Crippen LogP contribution in [0.15, 0.2) is 66.2 Å². The molecule has 136 valence electrons. The lowest BCUT2D eigenvalue weighted by Gasteiger charge is -2.25. The lowest BCUT2D eigenvalue weighted by Crippen LogP contribution is -2.39. The Morgan fingerprint density at radius 1 is 0.885 bits per heavy atom. The number of benzene rings is 2. The highest BCUT2D eigenvalue weighted by molar-refractivity contribution is 6.27. The molecule has 0 unspecified atom stereocenters. The Morgan fingerprint density at radius 2 is 1.42 bits per heavy atom. The molecule has 0 saturated heterocycles. The van der Waals surface area contributed by atoms with Crippen LogP contribution in [0.4, 0.5) is 5.69 Å². The van der Waals surface area contributed by atoms with E-state index in [1.54, 1.807) is 17.0 Å². The first kappa shape index (κ1) is 19.4. The normalized spacial score (nSPS) is 11.8. The summed E-state index contributed by atoms with van der Waals surface area (Å²) in [5, 5.41) is 0. The molecule has 0 bridgehead atoms. The molecule has 0 atom stereocenters. The maximum Gasteiger partial charge on any atom is 0.264 e. The topological polar surface area (TPSA) is 66.6 Å². The van der Waals surface area contributed by atoms with Crippen molar-refractivity contribution in [2.75, 3.05) is 32.1 Å². The molecular formula is C21H25N3O2. The summed E-state index contributed by atoms with van der Waals surface area (Å²) < 4.78 is 0. The molecule has 5 heteroatoms. The summed E-state index contributed by atoms with van der Waals surface area (Å²) in [7, 11) is 3.88. The Labute approximate surface area is 154 Å². The molecule has 0 heterocycles. The van der Waals surface area contributed by atoms with Crippen LogP contribution in [-0.4, -0.2) is 43.8 Å². The molecule has 2 rings (SSSR count). The minimum atomic E-state index is -0.382. The number of nitrogens with zero attached hydrogens (tertiary/aromatic N) is 2. The predicted molar refractivity (Wildman–Crippen MR) is 106 cm³/mol. The van der Waals surface area contributed by atoms with Crippen LogP contribution >= 0.6 is 0 Å². The van der Waals surface area contributed by atoms with Crippen molar-refractivity contribution in [2.45, 2.75) is 6.92 Å². The number of para-hydroxylation sites is 1. The summed E-state index contributed by atoms with van der Waals surface area (Å²) in [6.45, 7) is 2.49. The highest BCUT2D eigenvalue weighted by Gasteiger charge is 2.26. The van der Waals surface area contributed by atoms with E-state index < -0.39 is 0 Å². The molecule has 1 amide bonds. The Morgan fingerprint density at radius 3 is 1.92 bits per heavy atom. The van der Waals surface area contributed by atoms with E-state index in [2.05, 4.69) is 0 Å². The van der Waals surface area contributed by atoms with Crippen molar-refractivity contribution in [1.29, 1.82) is 0 Å². The summed E-state index contributed by atoms with van der Waals surface area (Å²) in [6.07, 6.45) is 0. The van der Waals surface area contributed by atoms with Crippen molar-refractivity contribution < 1.29 is 9.59 Å².